The highest BCUT2D eigenvalue weighted by molar-refractivity contribution is 9.10. The van der Waals surface area contributed by atoms with Crippen molar-refractivity contribution >= 4 is 37.9 Å². The summed E-state index contributed by atoms with van der Waals surface area (Å²) in [6, 6.07) is 3.33. The molecule has 1 fully saturated rings. The first-order valence-electron chi connectivity index (χ1n) is 5.12. The lowest BCUT2D eigenvalue weighted by molar-refractivity contribution is -0.117. The van der Waals surface area contributed by atoms with Crippen LogP contribution < -0.4 is 4.90 Å². The van der Waals surface area contributed by atoms with Gasteiger partial charge >= 0.3 is 10.2 Å². The van der Waals surface area contributed by atoms with Gasteiger partial charge < -0.3 is 0 Å². The molecule has 9 heteroatoms. The van der Waals surface area contributed by atoms with E-state index in [0.717, 1.165) is 4.90 Å². The van der Waals surface area contributed by atoms with E-state index in [0.29, 0.717) is 4.47 Å². The van der Waals surface area contributed by atoms with Crippen molar-refractivity contribution in [3.63, 3.8) is 0 Å². The minimum Gasteiger partial charge on any atom is -0.294 e. The highest BCUT2D eigenvalue weighted by Crippen LogP contribution is 2.30. The first-order valence-corrected chi connectivity index (χ1v) is 7.36. The minimum absolute atomic E-state index is 0.176. The molecule has 19 heavy (non-hydrogen) atoms. The molecule has 1 atom stereocenters. The molecule has 1 aromatic rings. The van der Waals surface area contributed by atoms with Gasteiger partial charge in [-0.3, -0.25) is 9.69 Å². The Hall–Kier alpha value is -1.53. The highest BCUT2D eigenvalue weighted by Gasteiger charge is 2.40. The predicted octanol–water partition coefficient (Wildman–Crippen LogP) is 1.12. The van der Waals surface area contributed by atoms with E-state index in [1.54, 1.807) is 0 Å². The van der Waals surface area contributed by atoms with Crippen LogP contribution in [-0.4, -0.2) is 31.1 Å². The summed E-state index contributed by atoms with van der Waals surface area (Å²) >= 11 is 3.15. The fourth-order valence-corrected chi connectivity index (χ4v) is 2.99. The second kappa shape index (κ2) is 4.86. The monoisotopic (exact) mass is 347 g/mol. The van der Waals surface area contributed by atoms with Gasteiger partial charge in [-0.05, 0) is 22.0 Å². The van der Waals surface area contributed by atoms with E-state index in [4.69, 9.17) is 5.26 Å². The molecule has 1 aromatic heterocycles. The van der Waals surface area contributed by atoms with Crippen molar-refractivity contribution in [2.45, 2.75) is 11.7 Å². The second-order valence-electron chi connectivity index (χ2n) is 3.95. The van der Waals surface area contributed by atoms with Crippen LogP contribution in [-0.2, 0) is 15.0 Å². The molecule has 1 aliphatic heterocycles. The van der Waals surface area contributed by atoms with Gasteiger partial charge in [0.1, 0.15) is 17.1 Å². The van der Waals surface area contributed by atoms with Crippen LogP contribution in [0.4, 0.5) is 9.70 Å². The Kier molecular flexibility index (Phi) is 3.56. The lowest BCUT2D eigenvalue weighted by Gasteiger charge is -2.16. The van der Waals surface area contributed by atoms with Crippen molar-refractivity contribution in [3.8, 4) is 6.07 Å². The van der Waals surface area contributed by atoms with Crippen molar-refractivity contribution in [1.82, 2.24) is 4.98 Å². The Morgan fingerprint density at radius 3 is 2.74 bits per heavy atom. The van der Waals surface area contributed by atoms with Crippen molar-refractivity contribution in [2.75, 3.05) is 11.4 Å². The third-order valence-electron chi connectivity index (χ3n) is 2.69. The average molecular weight is 348 g/mol. The molecule has 1 saturated heterocycles. The Bertz CT molecular complexity index is 686. The van der Waals surface area contributed by atoms with Gasteiger partial charge in [-0.15, -0.1) is 3.89 Å². The van der Waals surface area contributed by atoms with Gasteiger partial charge in [0, 0.05) is 19.2 Å². The molecule has 1 amide bonds. The van der Waals surface area contributed by atoms with Crippen molar-refractivity contribution in [2.24, 2.45) is 0 Å². The minimum atomic E-state index is -4.76. The zero-order valence-electron chi connectivity index (χ0n) is 9.38. The SMILES string of the molecule is N#Cc1cnc(N2CC(S(=O)(=O)F)CC2=O)c(Br)c1. The zero-order chi connectivity index (χ0) is 14.2. The first kappa shape index (κ1) is 13.9. The van der Waals surface area contributed by atoms with Crippen molar-refractivity contribution in [1.29, 1.82) is 5.26 Å². The highest BCUT2D eigenvalue weighted by atomic mass is 79.9. The summed E-state index contributed by atoms with van der Waals surface area (Å²) in [5, 5.41) is 7.33. The smallest absolute Gasteiger partial charge is 0.294 e. The van der Waals surface area contributed by atoms with E-state index in [1.807, 2.05) is 6.07 Å². The molecule has 0 aromatic carbocycles. The van der Waals surface area contributed by atoms with Gasteiger partial charge in [0.15, 0.2) is 0 Å². The number of nitrogens with zero attached hydrogens (tertiary/aromatic N) is 3. The number of aromatic nitrogens is 1. The number of hydrogen-bond acceptors (Lipinski definition) is 5. The number of nitriles is 1. The van der Waals surface area contributed by atoms with E-state index >= 15 is 0 Å². The fourth-order valence-electron chi connectivity index (χ4n) is 1.76. The molecule has 2 heterocycles. The molecule has 2 rings (SSSR count). The largest absolute Gasteiger partial charge is 0.307 e. The molecule has 100 valence electrons. The number of amides is 1. The summed E-state index contributed by atoms with van der Waals surface area (Å²) in [6.45, 7) is -0.283. The molecular formula is C10H7BrFN3O3S. The van der Waals surface area contributed by atoms with Gasteiger partial charge in [-0.1, -0.05) is 0 Å². The van der Waals surface area contributed by atoms with Crippen LogP contribution in [0.5, 0.6) is 0 Å². The maximum Gasteiger partial charge on any atom is 0.307 e. The molecule has 0 aliphatic carbocycles. The Morgan fingerprint density at radius 2 is 2.26 bits per heavy atom. The summed E-state index contributed by atoms with van der Waals surface area (Å²) in [6.07, 6.45) is 0.845. The first-order chi connectivity index (χ1) is 8.82. The van der Waals surface area contributed by atoms with Crippen LogP contribution in [0.2, 0.25) is 0 Å². The molecule has 1 unspecified atom stereocenters. The number of anilines is 1. The number of hydrogen-bond donors (Lipinski definition) is 0. The third-order valence-corrected chi connectivity index (χ3v) is 4.39. The standard InChI is InChI=1S/C10H7BrFN3O3S/c11-8-1-6(3-13)4-14-10(8)15-5-7(2-9(15)16)19(12,17)18/h1,4,7H,2,5H2. The molecule has 6 nitrogen and oxygen atoms in total. The number of halogens is 2. The zero-order valence-corrected chi connectivity index (χ0v) is 11.8. The molecule has 1 aliphatic rings. The van der Waals surface area contributed by atoms with Crippen LogP contribution >= 0.6 is 15.9 Å². The quantitative estimate of drug-likeness (QED) is 0.747. The maximum atomic E-state index is 12.9. The van der Waals surface area contributed by atoms with Crippen molar-refractivity contribution < 1.29 is 17.1 Å². The second-order valence-corrected chi connectivity index (χ2v) is 6.42. The van der Waals surface area contributed by atoms with Gasteiger partial charge in [-0.25, -0.2) is 4.98 Å². The maximum absolute atomic E-state index is 12.9. The van der Waals surface area contributed by atoms with Crippen LogP contribution in [0, 0.1) is 11.3 Å². The molecular weight excluding hydrogens is 341 g/mol. The Morgan fingerprint density at radius 1 is 1.58 bits per heavy atom. The summed E-state index contributed by atoms with van der Waals surface area (Å²) in [5.41, 5.74) is 0.289. The number of carbonyl (C=O) groups excluding carboxylic acids is 1. The number of rotatable bonds is 2. The van der Waals surface area contributed by atoms with E-state index in [9.17, 15) is 17.1 Å². The summed E-state index contributed by atoms with van der Waals surface area (Å²) in [4.78, 5) is 16.7. The topological polar surface area (TPSA) is 91.1 Å². The molecule has 0 saturated carbocycles. The summed E-state index contributed by atoms with van der Waals surface area (Å²) in [5.74, 6) is -0.348. The lowest BCUT2D eigenvalue weighted by Crippen LogP contribution is -2.28. The Balaban J connectivity index is 2.34. The fraction of sp³-hybridized carbons (Fsp3) is 0.300. The van der Waals surface area contributed by atoms with Crippen LogP contribution in [0.15, 0.2) is 16.7 Å². The van der Waals surface area contributed by atoms with Crippen molar-refractivity contribution in [3.05, 3.63) is 22.3 Å². The van der Waals surface area contributed by atoms with E-state index in [2.05, 4.69) is 20.9 Å². The summed E-state index contributed by atoms with van der Waals surface area (Å²) < 4.78 is 34.9. The van der Waals surface area contributed by atoms with Crippen LogP contribution in [0.3, 0.4) is 0 Å². The summed E-state index contributed by atoms with van der Waals surface area (Å²) in [7, 11) is -4.76. The third kappa shape index (κ3) is 2.74. The molecule has 0 spiro atoms. The predicted molar refractivity (Wildman–Crippen MR) is 67.4 cm³/mol. The number of carbonyl (C=O) groups is 1. The number of pyridine rings is 1. The van der Waals surface area contributed by atoms with E-state index < -0.39 is 27.8 Å². The van der Waals surface area contributed by atoms with Gasteiger partial charge in [-0.2, -0.15) is 13.7 Å². The van der Waals surface area contributed by atoms with E-state index in [-0.39, 0.29) is 17.9 Å². The Labute approximate surface area is 117 Å². The molecule has 0 bridgehead atoms. The van der Waals surface area contributed by atoms with E-state index in [1.165, 1.54) is 12.3 Å². The average Bonchev–Trinajstić information content (AvgIpc) is 2.71. The van der Waals surface area contributed by atoms with Gasteiger partial charge in [0.05, 0.1) is 10.0 Å². The molecule has 0 N–H and O–H groups in total. The van der Waals surface area contributed by atoms with Crippen LogP contribution in [0.1, 0.15) is 12.0 Å². The van der Waals surface area contributed by atoms with Gasteiger partial charge in [0.25, 0.3) is 0 Å². The normalized spacial score (nSPS) is 19.5. The molecule has 0 radical (unpaired) electrons. The lowest BCUT2D eigenvalue weighted by atomic mass is 10.3. The van der Waals surface area contributed by atoms with Crippen LogP contribution in [0.25, 0.3) is 0 Å². The van der Waals surface area contributed by atoms with Gasteiger partial charge in [0.2, 0.25) is 5.91 Å².